The molecule has 1 amide bonds. The Hall–Kier alpha value is -3.33. The Morgan fingerprint density at radius 1 is 0.833 bits per heavy atom. The van der Waals surface area contributed by atoms with Gasteiger partial charge in [-0.05, 0) is 72.9 Å². The van der Waals surface area contributed by atoms with E-state index in [1.807, 2.05) is 107 Å². The van der Waals surface area contributed by atoms with Gasteiger partial charge in [0.2, 0.25) is 0 Å². The fourth-order valence-corrected chi connectivity index (χ4v) is 3.00. The molecule has 0 aliphatic heterocycles. The largest absolute Gasteiger partial charge is 0.497 e. The van der Waals surface area contributed by atoms with Crippen molar-refractivity contribution >= 4 is 23.7 Å². The molecular weight excluding hydrogens is 370 g/mol. The van der Waals surface area contributed by atoms with E-state index in [-0.39, 0.29) is 5.91 Å². The molecule has 1 N–H and O–H groups in total. The first kappa shape index (κ1) is 23.0. The van der Waals surface area contributed by atoms with E-state index in [1.54, 1.807) is 7.11 Å². The number of ether oxygens (including phenoxy) is 1. The minimum atomic E-state index is -0.0850. The highest BCUT2D eigenvalue weighted by atomic mass is 16.5. The molecule has 0 bridgehead atoms. The van der Waals surface area contributed by atoms with Gasteiger partial charge < -0.3 is 10.1 Å². The number of nitrogens with one attached hydrogen (secondary N) is 1. The van der Waals surface area contributed by atoms with Crippen molar-refractivity contribution in [3.05, 3.63) is 94.0 Å². The van der Waals surface area contributed by atoms with Crippen molar-refractivity contribution in [3.63, 3.8) is 0 Å². The SMILES string of the molecule is CC.COc1cccc(/C=C/c2ccc(C)c(NC(=O)c3cccc(C)c3C)c2)c1. The second-order valence-corrected chi connectivity index (χ2v) is 6.89. The maximum Gasteiger partial charge on any atom is 0.255 e. The van der Waals surface area contributed by atoms with Gasteiger partial charge in [0.1, 0.15) is 5.75 Å². The van der Waals surface area contributed by atoms with Crippen LogP contribution in [0.15, 0.2) is 60.7 Å². The van der Waals surface area contributed by atoms with E-state index in [1.165, 1.54) is 0 Å². The van der Waals surface area contributed by atoms with Gasteiger partial charge in [0.15, 0.2) is 0 Å². The molecule has 0 saturated carbocycles. The van der Waals surface area contributed by atoms with Gasteiger partial charge >= 0.3 is 0 Å². The molecule has 0 heterocycles. The molecule has 0 radical (unpaired) electrons. The average molecular weight is 402 g/mol. The van der Waals surface area contributed by atoms with Crippen molar-refractivity contribution in [2.45, 2.75) is 34.6 Å². The summed E-state index contributed by atoms with van der Waals surface area (Å²) in [6.07, 6.45) is 4.06. The van der Waals surface area contributed by atoms with E-state index in [4.69, 9.17) is 4.74 Å². The molecule has 30 heavy (non-hydrogen) atoms. The van der Waals surface area contributed by atoms with E-state index in [0.717, 1.165) is 39.3 Å². The van der Waals surface area contributed by atoms with Crippen LogP contribution in [0.1, 0.15) is 52.0 Å². The molecular formula is C27H31NO2. The quantitative estimate of drug-likeness (QED) is 0.464. The van der Waals surface area contributed by atoms with Crippen LogP contribution in [0.3, 0.4) is 0 Å². The third-order valence-electron chi connectivity index (χ3n) is 4.92. The molecule has 0 spiro atoms. The van der Waals surface area contributed by atoms with Gasteiger partial charge in [0, 0.05) is 11.3 Å². The number of hydrogen-bond donors (Lipinski definition) is 1. The van der Waals surface area contributed by atoms with Crippen LogP contribution in [0.5, 0.6) is 5.75 Å². The molecule has 0 aliphatic carbocycles. The van der Waals surface area contributed by atoms with Gasteiger partial charge in [-0.2, -0.15) is 0 Å². The first-order valence-electron chi connectivity index (χ1n) is 10.3. The Kier molecular flexibility index (Phi) is 8.42. The number of amides is 1. The predicted octanol–water partition coefficient (Wildman–Crippen LogP) is 7.07. The molecule has 0 aromatic heterocycles. The van der Waals surface area contributed by atoms with Crippen LogP contribution in [-0.2, 0) is 0 Å². The Morgan fingerprint density at radius 2 is 1.50 bits per heavy atom. The Labute approximate surface area is 180 Å². The summed E-state index contributed by atoms with van der Waals surface area (Å²) < 4.78 is 5.26. The third kappa shape index (κ3) is 5.84. The third-order valence-corrected chi connectivity index (χ3v) is 4.92. The molecule has 3 heteroatoms. The highest BCUT2D eigenvalue weighted by molar-refractivity contribution is 6.06. The molecule has 3 rings (SSSR count). The number of carbonyl (C=O) groups is 1. The Bertz CT molecular complexity index is 1030. The minimum Gasteiger partial charge on any atom is -0.497 e. The first-order chi connectivity index (χ1) is 14.5. The summed E-state index contributed by atoms with van der Waals surface area (Å²) in [6.45, 7) is 9.99. The van der Waals surface area contributed by atoms with Crippen LogP contribution in [0.25, 0.3) is 12.2 Å². The Balaban J connectivity index is 0.00000155. The number of rotatable bonds is 5. The van der Waals surface area contributed by atoms with E-state index < -0.39 is 0 Å². The van der Waals surface area contributed by atoms with Crippen LogP contribution >= 0.6 is 0 Å². The summed E-state index contributed by atoms with van der Waals surface area (Å²) in [7, 11) is 1.66. The molecule has 3 aromatic rings. The average Bonchev–Trinajstić information content (AvgIpc) is 2.77. The summed E-state index contributed by atoms with van der Waals surface area (Å²) in [5, 5.41) is 3.06. The van der Waals surface area contributed by atoms with Crippen molar-refractivity contribution in [1.29, 1.82) is 0 Å². The second kappa shape index (κ2) is 11.0. The number of carbonyl (C=O) groups excluding carboxylic acids is 1. The molecule has 0 saturated heterocycles. The lowest BCUT2D eigenvalue weighted by Gasteiger charge is -2.12. The number of benzene rings is 3. The number of anilines is 1. The summed E-state index contributed by atoms with van der Waals surface area (Å²) in [4.78, 5) is 12.8. The van der Waals surface area contributed by atoms with Crippen LogP contribution in [-0.4, -0.2) is 13.0 Å². The lowest BCUT2D eigenvalue weighted by atomic mass is 10.0. The summed E-state index contributed by atoms with van der Waals surface area (Å²) in [5.41, 5.74) is 6.74. The molecule has 0 aliphatic rings. The number of methoxy groups -OCH3 is 1. The van der Waals surface area contributed by atoms with Gasteiger partial charge in [-0.1, -0.05) is 62.4 Å². The molecule has 3 nitrogen and oxygen atoms in total. The molecule has 0 fully saturated rings. The van der Waals surface area contributed by atoms with Crippen LogP contribution in [0, 0.1) is 20.8 Å². The fourth-order valence-electron chi connectivity index (χ4n) is 3.00. The van der Waals surface area contributed by atoms with Crippen molar-refractivity contribution in [2.24, 2.45) is 0 Å². The highest BCUT2D eigenvalue weighted by Gasteiger charge is 2.11. The van der Waals surface area contributed by atoms with E-state index in [0.29, 0.717) is 5.56 Å². The monoisotopic (exact) mass is 401 g/mol. The second-order valence-electron chi connectivity index (χ2n) is 6.89. The fraction of sp³-hybridized carbons (Fsp3) is 0.222. The summed E-state index contributed by atoms with van der Waals surface area (Å²) >= 11 is 0. The van der Waals surface area contributed by atoms with E-state index in [2.05, 4.69) is 5.32 Å². The van der Waals surface area contributed by atoms with Crippen molar-refractivity contribution in [3.8, 4) is 5.75 Å². The maximum atomic E-state index is 12.8. The normalized spacial score (nSPS) is 10.3. The highest BCUT2D eigenvalue weighted by Crippen LogP contribution is 2.22. The predicted molar refractivity (Wildman–Crippen MR) is 128 cm³/mol. The molecule has 3 aromatic carbocycles. The van der Waals surface area contributed by atoms with Crippen molar-refractivity contribution < 1.29 is 9.53 Å². The molecule has 0 atom stereocenters. The number of aryl methyl sites for hydroxylation is 2. The van der Waals surface area contributed by atoms with Crippen molar-refractivity contribution in [2.75, 3.05) is 12.4 Å². The minimum absolute atomic E-state index is 0.0850. The molecule has 156 valence electrons. The van der Waals surface area contributed by atoms with Crippen LogP contribution in [0.4, 0.5) is 5.69 Å². The van der Waals surface area contributed by atoms with E-state index >= 15 is 0 Å². The maximum absolute atomic E-state index is 12.8. The standard InChI is InChI=1S/C25H25NO2.C2H6/c1-17-7-5-10-23(19(17)3)25(27)26-24-16-21(12-11-18(24)2)14-13-20-8-6-9-22(15-20)28-4;1-2/h5-16H,1-4H3,(H,26,27);1-2H3/b14-13+;. The zero-order chi connectivity index (χ0) is 22.1. The van der Waals surface area contributed by atoms with Gasteiger partial charge in [0.05, 0.1) is 7.11 Å². The van der Waals surface area contributed by atoms with Crippen LogP contribution in [0.2, 0.25) is 0 Å². The Morgan fingerprint density at radius 3 is 2.20 bits per heavy atom. The topological polar surface area (TPSA) is 38.3 Å². The van der Waals surface area contributed by atoms with Gasteiger partial charge in [0.25, 0.3) is 5.91 Å². The van der Waals surface area contributed by atoms with Gasteiger partial charge in [-0.25, -0.2) is 0 Å². The zero-order valence-corrected chi connectivity index (χ0v) is 18.7. The van der Waals surface area contributed by atoms with E-state index in [9.17, 15) is 4.79 Å². The van der Waals surface area contributed by atoms with Gasteiger partial charge in [-0.15, -0.1) is 0 Å². The summed E-state index contributed by atoms with van der Waals surface area (Å²) in [5.74, 6) is 0.741. The number of hydrogen-bond acceptors (Lipinski definition) is 2. The van der Waals surface area contributed by atoms with Gasteiger partial charge in [-0.3, -0.25) is 4.79 Å². The lowest BCUT2D eigenvalue weighted by molar-refractivity contribution is 0.102. The van der Waals surface area contributed by atoms with Crippen LogP contribution < -0.4 is 10.1 Å². The molecule has 0 unspecified atom stereocenters. The first-order valence-corrected chi connectivity index (χ1v) is 10.3. The van der Waals surface area contributed by atoms with Crippen molar-refractivity contribution in [1.82, 2.24) is 0 Å². The zero-order valence-electron chi connectivity index (χ0n) is 18.7. The lowest BCUT2D eigenvalue weighted by Crippen LogP contribution is -2.14. The summed E-state index contributed by atoms with van der Waals surface area (Å²) in [6, 6.07) is 19.7. The smallest absolute Gasteiger partial charge is 0.255 e.